The summed E-state index contributed by atoms with van der Waals surface area (Å²) in [5.41, 5.74) is 7.07. The average molecular weight is 759 g/mol. The quantitative estimate of drug-likeness (QED) is 0.0456. The maximum atomic E-state index is 10.6. The summed E-state index contributed by atoms with van der Waals surface area (Å²) in [7, 11) is 0. The Labute approximate surface area is 324 Å². The first-order valence-corrected chi connectivity index (χ1v) is 18.5. The molecule has 0 aromatic heterocycles. The zero-order valence-corrected chi connectivity index (χ0v) is 30.7. The third-order valence-electron chi connectivity index (χ3n) is 10.4. The maximum Gasteiger partial charge on any atom is 0.200 e. The Morgan fingerprint density at radius 2 is 0.661 bits per heavy atom. The van der Waals surface area contributed by atoms with Gasteiger partial charge in [0.25, 0.3) is 0 Å². The van der Waals surface area contributed by atoms with Gasteiger partial charge in [-0.1, -0.05) is 48.5 Å². The Hall–Kier alpha value is -6.68. The van der Waals surface area contributed by atoms with Gasteiger partial charge in [0.2, 0.25) is 0 Å². The molecule has 0 radical (unpaired) electrons. The SMILES string of the molecule is Oc1cc(O)cc(CC[C@@H](Cc2ccc(CCc3cc(O)c(O)c(O)c3)cc2)[C@H](Cc2ccc(CCc3cc(O)c(O)c(O)c3)cc2)c2cc(O)cc(O)c2)c1. The van der Waals surface area contributed by atoms with Crippen LogP contribution in [0.5, 0.6) is 57.5 Å². The van der Waals surface area contributed by atoms with E-state index in [2.05, 4.69) is 12.1 Å². The van der Waals surface area contributed by atoms with Crippen molar-refractivity contribution in [3.05, 3.63) is 154 Å². The highest BCUT2D eigenvalue weighted by Crippen LogP contribution is 2.39. The largest absolute Gasteiger partial charge is 0.508 e. The summed E-state index contributed by atoms with van der Waals surface area (Å²) in [5.74, 6) is -2.97. The van der Waals surface area contributed by atoms with E-state index in [1.54, 1.807) is 24.3 Å². The van der Waals surface area contributed by atoms with Crippen LogP contribution in [0.1, 0.15) is 56.8 Å². The van der Waals surface area contributed by atoms with Gasteiger partial charge >= 0.3 is 0 Å². The van der Waals surface area contributed by atoms with Crippen molar-refractivity contribution in [1.29, 1.82) is 0 Å². The second kappa shape index (κ2) is 17.2. The molecule has 0 fully saturated rings. The highest BCUT2D eigenvalue weighted by Gasteiger charge is 2.26. The van der Waals surface area contributed by atoms with Crippen molar-refractivity contribution >= 4 is 0 Å². The molecule has 0 bridgehead atoms. The van der Waals surface area contributed by atoms with Gasteiger partial charge < -0.3 is 51.1 Å². The summed E-state index contributed by atoms with van der Waals surface area (Å²) in [6.45, 7) is 0. The molecule has 6 aromatic carbocycles. The van der Waals surface area contributed by atoms with Crippen molar-refractivity contribution in [1.82, 2.24) is 0 Å². The maximum absolute atomic E-state index is 10.6. The molecule has 6 aromatic rings. The first-order valence-electron chi connectivity index (χ1n) is 18.5. The lowest BCUT2D eigenvalue weighted by Gasteiger charge is -2.29. The van der Waals surface area contributed by atoms with Crippen LogP contribution < -0.4 is 0 Å². The molecule has 10 nitrogen and oxygen atoms in total. The first kappa shape index (κ1) is 39.0. The van der Waals surface area contributed by atoms with Crippen molar-refractivity contribution in [2.45, 2.75) is 57.3 Å². The van der Waals surface area contributed by atoms with Gasteiger partial charge in [0, 0.05) is 12.1 Å². The molecule has 10 N–H and O–H groups in total. The summed E-state index contributed by atoms with van der Waals surface area (Å²) in [6, 6.07) is 31.3. The number of rotatable bonds is 15. The van der Waals surface area contributed by atoms with Crippen molar-refractivity contribution in [3.8, 4) is 57.5 Å². The van der Waals surface area contributed by atoms with Gasteiger partial charge in [0.15, 0.2) is 34.5 Å². The Morgan fingerprint density at radius 1 is 0.321 bits per heavy atom. The fourth-order valence-electron chi connectivity index (χ4n) is 7.42. The van der Waals surface area contributed by atoms with E-state index in [1.165, 1.54) is 36.4 Å². The molecule has 0 amide bonds. The fourth-order valence-corrected chi connectivity index (χ4v) is 7.42. The number of aryl methyl sites for hydroxylation is 5. The normalized spacial score (nSPS) is 12.4. The van der Waals surface area contributed by atoms with E-state index < -0.39 is 11.5 Å². The minimum atomic E-state index is -0.546. The molecule has 0 unspecified atom stereocenters. The Balaban J connectivity index is 1.25. The van der Waals surface area contributed by atoms with Crippen molar-refractivity contribution in [2.24, 2.45) is 5.92 Å². The highest BCUT2D eigenvalue weighted by atomic mass is 16.3. The van der Waals surface area contributed by atoms with Gasteiger partial charge in [-0.05, 0) is 156 Å². The predicted octanol–water partition coefficient (Wildman–Crippen LogP) is 8.13. The van der Waals surface area contributed by atoms with Crippen LogP contribution in [0.15, 0.2) is 109 Å². The Kier molecular flexibility index (Phi) is 12.0. The second-order valence-corrected chi connectivity index (χ2v) is 14.6. The molecule has 6 rings (SSSR count). The molecular formula is C46H46O10. The zero-order valence-electron chi connectivity index (χ0n) is 30.7. The van der Waals surface area contributed by atoms with Crippen molar-refractivity contribution in [3.63, 3.8) is 0 Å². The van der Waals surface area contributed by atoms with Crippen LogP contribution in [-0.2, 0) is 44.9 Å². The van der Waals surface area contributed by atoms with E-state index in [0.29, 0.717) is 62.5 Å². The molecule has 0 aliphatic heterocycles. The number of aromatic hydroxyl groups is 10. The summed E-state index contributed by atoms with van der Waals surface area (Å²) in [6.07, 6.45) is 4.72. The first-order chi connectivity index (χ1) is 26.8. The van der Waals surface area contributed by atoms with Crippen LogP contribution in [0.4, 0.5) is 0 Å². The summed E-state index contributed by atoms with van der Waals surface area (Å²) in [4.78, 5) is 0. The zero-order chi connectivity index (χ0) is 39.9. The molecule has 56 heavy (non-hydrogen) atoms. The van der Waals surface area contributed by atoms with Crippen LogP contribution in [-0.4, -0.2) is 51.1 Å². The topological polar surface area (TPSA) is 202 Å². The van der Waals surface area contributed by atoms with E-state index in [1.807, 2.05) is 36.4 Å². The molecule has 0 aliphatic rings. The lowest BCUT2D eigenvalue weighted by molar-refractivity contribution is 0.367. The predicted molar refractivity (Wildman–Crippen MR) is 212 cm³/mol. The average Bonchev–Trinajstić information content (AvgIpc) is 3.15. The molecule has 2 atom stereocenters. The molecule has 0 saturated heterocycles. The number of phenolic OH excluding ortho intramolecular Hbond substituents is 10. The summed E-state index contributed by atoms with van der Waals surface area (Å²) < 4.78 is 0. The van der Waals surface area contributed by atoms with Crippen molar-refractivity contribution in [2.75, 3.05) is 0 Å². The third kappa shape index (κ3) is 10.1. The van der Waals surface area contributed by atoms with Gasteiger partial charge in [0.05, 0.1) is 0 Å². The summed E-state index contributed by atoms with van der Waals surface area (Å²) in [5, 5.41) is 101. The lowest BCUT2D eigenvalue weighted by atomic mass is 9.75. The fraction of sp³-hybridized carbons (Fsp3) is 0.217. The number of hydrogen-bond donors (Lipinski definition) is 10. The minimum absolute atomic E-state index is 0.0292. The van der Waals surface area contributed by atoms with Gasteiger partial charge in [0.1, 0.15) is 23.0 Å². The van der Waals surface area contributed by atoms with E-state index in [0.717, 1.165) is 33.4 Å². The van der Waals surface area contributed by atoms with E-state index >= 15 is 0 Å². The van der Waals surface area contributed by atoms with Gasteiger partial charge in [-0.3, -0.25) is 0 Å². The van der Waals surface area contributed by atoms with Gasteiger partial charge in [-0.2, -0.15) is 0 Å². The van der Waals surface area contributed by atoms with Crippen LogP contribution in [0, 0.1) is 5.92 Å². The monoisotopic (exact) mass is 758 g/mol. The standard InChI is InChI=1S/C46H46O10/c47-36-16-31(17-37(48)25-36)13-14-34(15-29-7-1-27(2-8-29)5-11-32-19-41(51)45(55)42(52)20-32)40(35-23-38(49)26-39(50)24-35)18-30-9-3-28(4-10-30)6-12-33-21-43(53)46(56)44(54)22-33/h1-4,7-10,16-17,19-26,34,40,47-56H,5-6,11-15,18H2/t34-,40-/m0/s1. The molecule has 0 aliphatic carbocycles. The Morgan fingerprint density at radius 3 is 1.09 bits per heavy atom. The number of hydrogen-bond acceptors (Lipinski definition) is 10. The summed E-state index contributed by atoms with van der Waals surface area (Å²) >= 11 is 0. The molecule has 0 heterocycles. The lowest BCUT2D eigenvalue weighted by Crippen LogP contribution is -2.19. The third-order valence-corrected chi connectivity index (χ3v) is 10.4. The smallest absolute Gasteiger partial charge is 0.200 e. The van der Waals surface area contributed by atoms with Gasteiger partial charge in [-0.15, -0.1) is 0 Å². The second-order valence-electron chi connectivity index (χ2n) is 14.6. The Bertz CT molecular complexity index is 2200. The van der Waals surface area contributed by atoms with E-state index in [9.17, 15) is 51.1 Å². The van der Waals surface area contributed by atoms with Crippen LogP contribution in [0.25, 0.3) is 0 Å². The van der Waals surface area contributed by atoms with E-state index in [4.69, 9.17) is 0 Å². The van der Waals surface area contributed by atoms with Crippen LogP contribution >= 0.6 is 0 Å². The van der Waals surface area contributed by atoms with Crippen LogP contribution in [0.2, 0.25) is 0 Å². The molecule has 0 saturated carbocycles. The minimum Gasteiger partial charge on any atom is -0.508 e. The van der Waals surface area contributed by atoms with Crippen molar-refractivity contribution < 1.29 is 51.1 Å². The highest BCUT2D eigenvalue weighted by molar-refractivity contribution is 5.52. The number of benzene rings is 6. The molecule has 10 heteroatoms. The van der Waals surface area contributed by atoms with E-state index in [-0.39, 0.29) is 57.8 Å². The molecule has 290 valence electrons. The van der Waals surface area contributed by atoms with Gasteiger partial charge in [-0.25, -0.2) is 0 Å². The molecule has 0 spiro atoms. The van der Waals surface area contributed by atoms with Crippen LogP contribution in [0.3, 0.4) is 0 Å². The number of phenols is 10. The molecular weight excluding hydrogens is 712 g/mol.